The second-order valence-electron chi connectivity index (χ2n) is 7.09. The van der Waals surface area contributed by atoms with E-state index in [4.69, 9.17) is 0 Å². The van der Waals surface area contributed by atoms with Gasteiger partial charge in [-0.3, -0.25) is 0 Å². The molecule has 0 fully saturated rings. The molecule has 128 valence electrons. The van der Waals surface area contributed by atoms with Crippen LogP contribution < -0.4 is 0 Å². The van der Waals surface area contributed by atoms with Gasteiger partial charge in [-0.05, 0) is 23.3 Å². The number of thiophene rings is 1. The monoisotopic (exact) mass is 363 g/mol. The summed E-state index contributed by atoms with van der Waals surface area (Å²) in [5.74, 6) is 0. The molecular weight excluding hydrogens is 346 g/mol. The quantitative estimate of drug-likeness (QED) is 0.287. The number of hydrogen-bond acceptors (Lipinski definition) is 1. The normalized spacial score (nSPS) is 11.9. The van der Waals surface area contributed by atoms with E-state index in [9.17, 15) is 0 Å². The summed E-state index contributed by atoms with van der Waals surface area (Å²) in [4.78, 5) is 0. The second kappa shape index (κ2) is 5.45. The largest absolute Gasteiger partial charge is 0.342 e. The Hall–Kier alpha value is -3.10. The Bertz CT molecular complexity index is 1470. The van der Waals surface area contributed by atoms with E-state index in [0.717, 1.165) is 0 Å². The lowest BCUT2D eigenvalue weighted by atomic mass is 10.0. The molecule has 0 N–H and O–H groups in total. The average molecular weight is 363 g/mol. The van der Waals surface area contributed by atoms with Crippen molar-refractivity contribution < 1.29 is 0 Å². The molecule has 2 heteroatoms. The minimum absolute atomic E-state index is 1.26. The molecular formula is C25H17NS. The average Bonchev–Trinajstić information content (AvgIpc) is 3.24. The van der Waals surface area contributed by atoms with Crippen LogP contribution in [-0.4, -0.2) is 4.57 Å². The van der Waals surface area contributed by atoms with Gasteiger partial charge in [0.1, 0.15) is 0 Å². The fourth-order valence-electron chi connectivity index (χ4n) is 4.29. The molecule has 1 nitrogen and oxygen atoms in total. The maximum absolute atomic E-state index is 2.37. The predicted molar refractivity (Wildman–Crippen MR) is 119 cm³/mol. The van der Waals surface area contributed by atoms with Gasteiger partial charge in [-0.25, -0.2) is 0 Å². The van der Waals surface area contributed by atoms with Gasteiger partial charge >= 0.3 is 0 Å². The van der Waals surface area contributed by atoms with E-state index in [1.807, 2.05) is 11.3 Å². The van der Waals surface area contributed by atoms with Crippen molar-refractivity contribution in [1.82, 2.24) is 4.57 Å². The van der Waals surface area contributed by atoms with Gasteiger partial charge in [0.2, 0.25) is 0 Å². The molecule has 2 heterocycles. The lowest BCUT2D eigenvalue weighted by Gasteiger charge is -2.03. The molecule has 2 aromatic heterocycles. The molecule has 0 unspecified atom stereocenters. The van der Waals surface area contributed by atoms with Crippen LogP contribution in [0, 0.1) is 0 Å². The number of hydrogen-bond donors (Lipinski definition) is 0. The lowest BCUT2D eigenvalue weighted by Crippen LogP contribution is -1.87. The molecule has 0 aliphatic heterocycles. The predicted octanol–water partition coefficient (Wildman–Crippen LogP) is 7.37. The van der Waals surface area contributed by atoms with Gasteiger partial charge in [-0.1, -0.05) is 72.8 Å². The number of nitrogens with zero attached hydrogens (tertiary/aromatic N) is 1. The molecule has 0 aliphatic carbocycles. The van der Waals surface area contributed by atoms with Crippen molar-refractivity contribution in [3.05, 3.63) is 84.9 Å². The third-order valence-electron chi connectivity index (χ3n) is 5.61. The van der Waals surface area contributed by atoms with Crippen molar-refractivity contribution in [2.24, 2.45) is 7.05 Å². The highest BCUT2D eigenvalue weighted by Gasteiger charge is 2.15. The standard InChI is InChI=1S/C25H17NS/c1-26-22-15-17(16-7-3-2-4-8-16)11-12-18(22)20-13-14-21-19-9-5-6-10-23(19)27-25(21)24(20)26/h2-15H,1H3. The summed E-state index contributed by atoms with van der Waals surface area (Å²) in [6.45, 7) is 0. The van der Waals surface area contributed by atoms with Gasteiger partial charge in [-0.2, -0.15) is 0 Å². The Morgan fingerprint density at radius 3 is 2.26 bits per heavy atom. The van der Waals surface area contributed by atoms with E-state index in [0.29, 0.717) is 0 Å². The fourth-order valence-corrected chi connectivity index (χ4v) is 5.58. The summed E-state index contributed by atoms with van der Waals surface area (Å²) in [6, 6.07) is 30.8. The fraction of sp³-hybridized carbons (Fsp3) is 0.0400. The van der Waals surface area contributed by atoms with E-state index < -0.39 is 0 Å². The van der Waals surface area contributed by atoms with Gasteiger partial charge < -0.3 is 4.57 Å². The van der Waals surface area contributed by atoms with Crippen molar-refractivity contribution in [2.75, 3.05) is 0 Å². The second-order valence-corrected chi connectivity index (χ2v) is 8.15. The molecule has 4 aromatic carbocycles. The van der Waals surface area contributed by atoms with Crippen LogP contribution in [0.2, 0.25) is 0 Å². The first-order chi connectivity index (χ1) is 13.3. The number of rotatable bonds is 1. The van der Waals surface area contributed by atoms with Gasteiger partial charge in [0.15, 0.2) is 0 Å². The highest BCUT2D eigenvalue weighted by Crippen LogP contribution is 2.41. The van der Waals surface area contributed by atoms with Crippen molar-refractivity contribution in [2.45, 2.75) is 0 Å². The van der Waals surface area contributed by atoms with Crippen LogP contribution in [0.25, 0.3) is 53.1 Å². The van der Waals surface area contributed by atoms with E-state index >= 15 is 0 Å². The minimum atomic E-state index is 1.26. The molecule has 6 aromatic rings. The molecule has 0 atom stereocenters. The number of fused-ring (bicyclic) bond motifs is 7. The van der Waals surface area contributed by atoms with E-state index in [-0.39, 0.29) is 0 Å². The Kier molecular flexibility index (Phi) is 3.03. The van der Waals surface area contributed by atoms with Crippen LogP contribution in [0.3, 0.4) is 0 Å². The topological polar surface area (TPSA) is 4.93 Å². The third kappa shape index (κ3) is 2.05. The molecule has 0 spiro atoms. The third-order valence-corrected chi connectivity index (χ3v) is 6.81. The molecule has 0 saturated carbocycles. The molecule has 0 saturated heterocycles. The SMILES string of the molecule is Cn1c2cc(-c3ccccc3)ccc2c2ccc3c4ccccc4sc3c21. The smallest absolute Gasteiger partial charge is 0.0670 e. The first kappa shape index (κ1) is 15.0. The van der Waals surface area contributed by atoms with Crippen LogP contribution in [0.5, 0.6) is 0 Å². The summed E-state index contributed by atoms with van der Waals surface area (Å²) >= 11 is 1.90. The molecule has 6 rings (SSSR count). The molecule has 27 heavy (non-hydrogen) atoms. The van der Waals surface area contributed by atoms with Gasteiger partial charge in [-0.15, -0.1) is 11.3 Å². The zero-order chi connectivity index (χ0) is 18.0. The highest BCUT2D eigenvalue weighted by atomic mass is 32.1. The Labute approximate surface area is 161 Å². The first-order valence-corrected chi connectivity index (χ1v) is 10.0. The maximum atomic E-state index is 2.37. The lowest BCUT2D eigenvalue weighted by molar-refractivity contribution is 1.02. The van der Waals surface area contributed by atoms with Crippen LogP contribution in [-0.2, 0) is 7.05 Å². The van der Waals surface area contributed by atoms with Crippen LogP contribution >= 0.6 is 11.3 Å². The van der Waals surface area contributed by atoms with Crippen molar-refractivity contribution in [3.63, 3.8) is 0 Å². The Morgan fingerprint density at radius 1 is 0.630 bits per heavy atom. The Morgan fingerprint density at radius 2 is 1.37 bits per heavy atom. The summed E-state index contributed by atoms with van der Waals surface area (Å²) in [6.07, 6.45) is 0. The van der Waals surface area contributed by atoms with E-state index in [1.165, 1.54) is 53.1 Å². The van der Waals surface area contributed by atoms with Crippen molar-refractivity contribution >= 4 is 53.3 Å². The number of aryl methyl sites for hydroxylation is 1. The van der Waals surface area contributed by atoms with Crippen LogP contribution in [0.1, 0.15) is 0 Å². The highest BCUT2D eigenvalue weighted by molar-refractivity contribution is 7.26. The van der Waals surface area contributed by atoms with Crippen molar-refractivity contribution in [3.8, 4) is 11.1 Å². The summed E-state index contributed by atoms with van der Waals surface area (Å²) in [7, 11) is 2.20. The van der Waals surface area contributed by atoms with Gasteiger partial charge in [0.25, 0.3) is 0 Å². The minimum Gasteiger partial charge on any atom is -0.342 e. The van der Waals surface area contributed by atoms with E-state index in [2.05, 4.69) is 96.5 Å². The zero-order valence-corrected chi connectivity index (χ0v) is 15.8. The Balaban J connectivity index is 1.74. The molecule has 0 bridgehead atoms. The molecule has 0 amide bonds. The number of aromatic nitrogens is 1. The summed E-state index contributed by atoms with van der Waals surface area (Å²) < 4.78 is 5.11. The first-order valence-electron chi connectivity index (χ1n) is 9.19. The van der Waals surface area contributed by atoms with Crippen LogP contribution in [0.4, 0.5) is 0 Å². The zero-order valence-electron chi connectivity index (χ0n) is 14.9. The number of benzene rings is 4. The van der Waals surface area contributed by atoms with Crippen molar-refractivity contribution in [1.29, 1.82) is 0 Å². The van der Waals surface area contributed by atoms with Gasteiger partial charge in [0.05, 0.1) is 10.2 Å². The molecule has 0 radical (unpaired) electrons. The van der Waals surface area contributed by atoms with Gasteiger partial charge in [0, 0.05) is 38.8 Å². The maximum Gasteiger partial charge on any atom is 0.0670 e. The van der Waals surface area contributed by atoms with Crippen LogP contribution in [0.15, 0.2) is 84.9 Å². The summed E-state index contributed by atoms with van der Waals surface area (Å²) in [5.41, 5.74) is 5.16. The summed E-state index contributed by atoms with van der Waals surface area (Å²) in [5, 5.41) is 5.38. The molecule has 0 aliphatic rings. The van der Waals surface area contributed by atoms with E-state index in [1.54, 1.807) is 0 Å².